The molecule has 2 rings (SSSR count). The fraction of sp³-hybridized carbons (Fsp3) is 0.250. The molecule has 0 heterocycles. The van der Waals surface area contributed by atoms with Gasteiger partial charge in [-0.25, -0.2) is 13.1 Å². The highest BCUT2D eigenvalue weighted by atomic mass is 35.5. The Hall–Kier alpha value is -1.36. The molecule has 0 saturated heterocycles. The number of halogens is 1. The maximum absolute atomic E-state index is 12.4. The van der Waals surface area contributed by atoms with E-state index in [1.165, 1.54) is 6.07 Å². The number of rotatable bonds is 4. The first-order valence-corrected chi connectivity index (χ1v) is 8.51. The molecule has 0 saturated carbocycles. The summed E-state index contributed by atoms with van der Waals surface area (Å²) in [5.41, 5.74) is 2.91. The van der Waals surface area contributed by atoms with Crippen molar-refractivity contribution >= 4 is 21.6 Å². The fourth-order valence-corrected chi connectivity index (χ4v) is 3.47. The van der Waals surface area contributed by atoms with Crippen LogP contribution in [0.4, 0.5) is 0 Å². The van der Waals surface area contributed by atoms with E-state index in [1.807, 2.05) is 45.0 Å². The Bertz CT molecular complexity index is 739. The van der Waals surface area contributed by atoms with Gasteiger partial charge in [0.05, 0.1) is 4.90 Å². The highest BCUT2D eigenvalue weighted by Gasteiger charge is 2.19. The summed E-state index contributed by atoms with van der Waals surface area (Å²) < 4.78 is 27.4. The van der Waals surface area contributed by atoms with Gasteiger partial charge >= 0.3 is 0 Å². The lowest BCUT2D eigenvalue weighted by Crippen LogP contribution is -2.26. The Labute approximate surface area is 131 Å². The summed E-state index contributed by atoms with van der Waals surface area (Å²) >= 11 is 6.00. The van der Waals surface area contributed by atoms with Gasteiger partial charge in [-0.15, -0.1) is 0 Å². The smallest absolute Gasteiger partial charge is 0.207 e. The van der Waals surface area contributed by atoms with Gasteiger partial charge in [0.1, 0.15) is 0 Å². The molecule has 1 N–H and O–H groups in total. The molecular formula is C16H18ClNO2S. The molecule has 1 atom stereocenters. The first-order valence-electron chi connectivity index (χ1n) is 6.64. The third-order valence-corrected chi connectivity index (χ3v) is 5.31. The number of benzene rings is 2. The van der Waals surface area contributed by atoms with Crippen LogP contribution in [0.25, 0.3) is 0 Å². The quantitative estimate of drug-likeness (QED) is 0.924. The second kappa shape index (κ2) is 6.18. The van der Waals surface area contributed by atoms with Crippen molar-refractivity contribution in [1.29, 1.82) is 0 Å². The van der Waals surface area contributed by atoms with Gasteiger partial charge in [-0.05, 0) is 44.0 Å². The molecule has 0 aliphatic carbocycles. The van der Waals surface area contributed by atoms with Crippen LogP contribution in [-0.2, 0) is 10.0 Å². The van der Waals surface area contributed by atoms with Crippen molar-refractivity contribution in [3.05, 3.63) is 64.2 Å². The van der Waals surface area contributed by atoms with Crippen molar-refractivity contribution in [3.63, 3.8) is 0 Å². The number of aryl methyl sites for hydroxylation is 2. The molecule has 0 aromatic heterocycles. The number of hydrogen-bond donors (Lipinski definition) is 1. The molecule has 0 aliphatic heterocycles. The van der Waals surface area contributed by atoms with E-state index in [0.717, 1.165) is 16.7 Å². The third-order valence-electron chi connectivity index (χ3n) is 3.36. The van der Waals surface area contributed by atoms with Gasteiger partial charge in [0.2, 0.25) is 10.0 Å². The first kappa shape index (κ1) is 16.0. The Morgan fingerprint density at radius 3 is 2.24 bits per heavy atom. The molecule has 21 heavy (non-hydrogen) atoms. The van der Waals surface area contributed by atoms with Crippen LogP contribution in [0.15, 0.2) is 47.4 Å². The molecular weight excluding hydrogens is 306 g/mol. The van der Waals surface area contributed by atoms with Gasteiger partial charge in [0, 0.05) is 11.1 Å². The standard InChI is InChI=1S/C16H18ClNO2S/c1-11-4-7-14(8-5-11)13(3)18-21(19,20)15-9-6-12(2)16(17)10-15/h4-10,13,18H,1-3H3. The number of nitrogens with one attached hydrogen (secondary N) is 1. The van der Waals surface area contributed by atoms with Gasteiger partial charge in [0.15, 0.2) is 0 Å². The number of sulfonamides is 1. The molecule has 5 heteroatoms. The van der Waals surface area contributed by atoms with Crippen LogP contribution < -0.4 is 4.72 Å². The van der Waals surface area contributed by atoms with Gasteiger partial charge in [-0.3, -0.25) is 0 Å². The van der Waals surface area contributed by atoms with Crippen molar-refractivity contribution < 1.29 is 8.42 Å². The second-order valence-corrected chi connectivity index (χ2v) is 7.29. The van der Waals surface area contributed by atoms with Crippen molar-refractivity contribution in [2.24, 2.45) is 0 Å². The molecule has 0 bridgehead atoms. The zero-order valence-electron chi connectivity index (χ0n) is 12.2. The minimum absolute atomic E-state index is 0.178. The molecule has 2 aromatic carbocycles. The van der Waals surface area contributed by atoms with Gasteiger partial charge in [-0.1, -0.05) is 47.5 Å². The van der Waals surface area contributed by atoms with Crippen molar-refractivity contribution in [2.75, 3.05) is 0 Å². The van der Waals surface area contributed by atoms with E-state index in [2.05, 4.69) is 4.72 Å². The van der Waals surface area contributed by atoms with Gasteiger partial charge in [-0.2, -0.15) is 0 Å². The predicted octanol–water partition coefficient (Wildman–Crippen LogP) is 4.00. The summed E-state index contributed by atoms with van der Waals surface area (Å²) in [6.45, 7) is 5.64. The van der Waals surface area contributed by atoms with Crippen molar-refractivity contribution in [1.82, 2.24) is 4.72 Å². The largest absolute Gasteiger partial charge is 0.241 e. The Morgan fingerprint density at radius 1 is 1.05 bits per heavy atom. The summed E-state index contributed by atoms with van der Waals surface area (Å²) in [5, 5.41) is 0.445. The summed E-state index contributed by atoms with van der Waals surface area (Å²) in [6.07, 6.45) is 0. The molecule has 3 nitrogen and oxygen atoms in total. The third kappa shape index (κ3) is 3.84. The van der Waals surface area contributed by atoms with Crippen LogP contribution in [0.3, 0.4) is 0 Å². The van der Waals surface area contributed by atoms with E-state index in [-0.39, 0.29) is 10.9 Å². The normalized spacial score (nSPS) is 13.1. The maximum atomic E-state index is 12.4. The minimum Gasteiger partial charge on any atom is -0.207 e. The van der Waals surface area contributed by atoms with Gasteiger partial charge in [0.25, 0.3) is 0 Å². The second-order valence-electron chi connectivity index (χ2n) is 5.16. The maximum Gasteiger partial charge on any atom is 0.241 e. The molecule has 0 fully saturated rings. The van der Waals surface area contributed by atoms with Crippen LogP contribution in [0.5, 0.6) is 0 Å². The summed E-state index contributed by atoms with van der Waals surface area (Å²) in [4.78, 5) is 0.178. The van der Waals surface area contributed by atoms with Gasteiger partial charge < -0.3 is 0 Å². The fourth-order valence-electron chi connectivity index (χ4n) is 1.96. The Morgan fingerprint density at radius 2 is 1.67 bits per heavy atom. The SMILES string of the molecule is Cc1ccc(C(C)NS(=O)(=O)c2ccc(C)c(Cl)c2)cc1. The summed E-state index contributed by atoms with van der Waals surface area (Å²) in [7, 11) is -3.59. The van der Waals surface area contributed by atoms with Crippen LogP contribution in [-0.4, -0.2) is 8.42 Å². The lowest BCUT2D eigenvalue weighted by Gasteiger charge is -2.15. The molecule has 0 radical (unpaired) electrons. The molecule has 112 valence electrons. The van der Waals surface area contributed by atoms with E-state index in [9.17, 15) is 8.42 Å². The van der Waals surface area contributed by atoms with Crippen LogP contribution >= 0.6 is 11.6 Å². The van der Waals surface area contributed by atoms with E-state index in [4.69, 9.17) is 11.6 Å². The lowest BCUT2D eigenvalue weighted by atomic mass is 10.1. The average Bonchev–Trinajstić information content (AvgIpc) is 2.42. The lowest BCUT2D eigenvalue weighted by molar-refractivity contribution is 0.567. The first-order chi connectivity index (χ1) is 9.79. The Kier molecular flexibility index (Phi) is 4.71. The van der Waals surface area contributed by atoms with E-state index in [0.29, 0.717) is 5.02 Å². The number of hydrogen-bond acceptors (Lipinski definition) is 2. The molecule has 0 spiro atoms. The van der Waals surface area contributed by atoms with Crippen LogP contribution in [0, 0.1) is 13.8 Å². The topological polar surface area (TPSA) is 46.2 Å². The highest BCUT2D eigenvalue weighted by Crippen LogP contribution is 2.22. The van der Waals surface area contributed by atoms with Crippen LogP contribution in [0.2, 0.25) is 5.02 Å². The van der Waals surface area contributed by atoms with E-state index >= 15 is 0 Å². The molecule has 1 unspecified atom stereocenters. The van der Waals surface area contributed by atoms with E-state index in [1.54, 1.807) is 12.1 Å². The van der Waals surface area contributed by atoms with E-state index < -0.39 is 10.0 Å². The summed E-state index contributed by atoms with van der Waals surface area (Å²) in [5.74, 6) is 0. The highest BCUT2D eigenvalue weighted by molar-refractivity contribution is 7.89. The minimum atomic E-state index is -3.59. The zero-order chi connectivity index (χ0) is 15.6. The zero-order valence-corrected chi connectivity index (χ0v) is 13.8. The predicted molar refractivity (Wildman–Crippen MR) is 86.1 cm³/mol. The monoisotopic (exact) mass is 323 g/mol. The molecule has 0 aliphatic rings. The van der Waals surface area contributed by atoms with Crippen molar-refractivity contribution in [3.8, 4) is 0 Å². The Balaban J connectivity index is 2.24. The van der Waals surface area contributed by atoms with Crippen molar-refractivity contribution in [2.45, 2.75) is 31.7 Å². The van der Waals surface area contributed by atoms with Crippen LogP contribution in [0.1, 0.15) is 29.7 Å². The molecule has 0 amide bonds. The molecule has 2 aromatic rings. The average molecular weight is 324 g/mol. The summed E-state index contributed by atoms with van der Waals surface area (Å²) in [6, 6.07) is 12.2.